The molecule has 0 aliphatic heterocycles. The first-order valence-corrected chi connectivity index (χ1v) is 6.73. The molecule has 4 heteroatoms. The van der Waals surface area contributed by atoms with Crippen LogP contribution in [-0.4, -0.2) is 10.2 Å². The highest BCUT2D eigenvalue weighted by molar-refractivity contribution is 5.40. The first kappa shape index (κ1) is 14.4. The summed E-state index contributed by atoms with van der Waals surface area (Å²) in [5, 5.41) is 18.6. The molecule has 0 fully saturated rings. The number of aryl methyl sites for hydroxylation is 1. The molecule has 0 radical (unpaired) electrons. The molecule has 0 unspecified atom stereocenters. The fraction of sp³-hybridized carbons (Fsp3) is 0.250. The minimum atomic E-state index is -0.0993. The molecule has 0 amide bonds. The number of hydrogen-bond donors (Lipinski definition) is 4. The van der Waals surface area contributed by atoms with Gasteiger partial charge in [-0.25, -0.2) is 0 Å². The summed E-state index contributed by atoms with van der Waals surface area (Å²) >= 11 is 0. The van der Waals surface area contributed by atoms with E-state index in [1.54, 1.807) is 12.1 Å². The Morgan fingerprint density at radius 3 is 1.90 bits per heavy atom. The van der Waals surface area contributed by atoms with Crippen LogP contribution in [0.2, 0.25) is 0 Å². The van der Waals surface area contributed by atoms with Gasteiger partial charge in [0.2, 0.25) is 0 Å². The highest BCUT2D eigenvalue weighted by atomic mass is 16.3. The van der Waals surface area contributed by atoms with E-state index in [2.05, 4.69) is 42.0 Å². The normalized spacial score (nSPS) is 10.7. The van der Waals surface area contributed by atoms with Gasteiger partial charge in [0.05, 0.1) is 0 Å². The fourth-order valence-corrected chi connectivity index (χ4v) is 1.90. The zero-order valence-corrected chi connectivity index (χ0v) is 11.6. The molecule has 106 valence electrons. The lowest BCUT2D eigenvalue weighted by Crippen LogP contribution is -2.30. The molecule has 0 heterocycles. The van der Waals surface area contributed by atoms with Gasteiger partial charge in [0.25, 0.3) is 0 Å². The Morgan fingerprint density at radius 2 is 1.30 bits per heavy atom. The second kappa shape index (κ2) is 6.93. The van der Waals surface area contributed by atoms with E-state index in [0.29, 0.717) is 6.54 Å². The van der Waals surface area contributed by atoms with Crippen LogP contribution in [-0.2, 0) is 19.5 Å². The van der Waals surface area contributed by atoms with Crippen LogP contribution in [0.15, 0.2) is 42.5 Å². The van der Waals surface area contributed by atoms with Gasteiger partial charge in [0.1, 0.15) is 0 Å². The summed E-state index contributed by atoms with van der Waals surface area (Å²) in [5.74, 6) is -0.197. The van der Waals surface area contributed by atoms with Gasteiger partial charge >= 0.3 is 0 Å². The van der Waals surface area contributed by atoms with Crippen molar-refractivity contribution in [2.24, 2.45) is 0 Å². The Kier molecular flexibility index (Phi) is 4.98. The van der Waals surface area contributed by atoms with Gasteiger partial charge in [-0.2, -0.15) is 0 Å². The second-order valence-electron chi connectivity index (χ2n) is 4.70. The predicted molar refractivity (Wildman–Crippen MR) is 79.3 cm³/mol. The Labute approximate surface area is 119 Å². The van der Waals surface area contributed by atoms with Gasteiger partial charge in [0.15, 0.2) is 11.5 Å². The van der Waals surface area contributed by atoms with Gasteiger partial charge < -0.3 is 10.2 Å². The van der Waals surface area contributed by atoms with Crippen LogP contribution in [0.5, 0.6) is 11.5 Å². The summed E-state index contributed by atoms with van der Waals surface area (Å²) in [6.07, 6.45) is 1.05. The smallest absolute Gasteiger partial charge is 0.157 e. The molecule has 0 aliphatic carbocycles. The molecule has 0 saturated carbocycles. The molecule has 0 aliphatic rings. The van der Waals surface area contributed by atoms with Crippen molar-refractivity contribution in [1.82, 2.24) is 10.9 Å². The topological polar surface area (TPSA) is 64.5 Å². The van der Waals surface area contributed by atoms with Crippen molar-refractivity contribution in [3.63, 3.8) is 0 Å². The van der Waals surface area contributed by atoms with E-state index >= 15 is 0 Å². The van der Waals surface area contributed by atoms with Crippen molar-refractivity contribution < 1.29 is 10.2 Å². The van der Waals surface area contributed by atoms with E-state index in [1.165, 1.54) is 17.2 Å². The highest BCUT2D eigenvalue weighted by Crippen LogP contribution is 2.24. The Bertz CT molecular complexity index is 553. The Hall–Kier alpha value is -2.04. The molecule has 0 spiro atoms. The minimum absolute atomic E-state index is 0.0977. The monoisotopic (exact) mass is 272 g/mol. The SMILES string of the molecule is CCc1ccc(CNNCc2ccc(O)c(O)c2)cc1. The lowest BCUT2D eigenvalue weighted by atomic mass is 10.1. The quantitative estimate of drug-likeness (QED) is 0.370. The van der Waals surface area contributed by atoms with E-state index in [9.17, 15) is 10.2 Å². The van der Waals surface area contributed by atoms with E-state index in [-0.39, 0.29) is 11.5 Å². The Balaban J connectivity index is 1.76. The lowest BCUT2D eigenvalue weighted by Gasteiger charge is -2.08. The van der Waals surface area contributed by atoms with Gasteiger partial charge in [0, 0.05) is 13.1 Å². The van der Waals surface area contributed by atoms with E-state index < -0.39 is 0 Å². The van der Waals surface area contributed by atoms with E-state index in [0.717, 1.165) is 18.5 Å². The van der Waals surface area contributed by atoms with Crippen LogP contribution < -0.4 is 10.9 Å². The first-order valence-electron chi connectivity index (χ1n) is 6.73. The third-order valence-corrected chi connectivity index (χ3v) is 3.18. The number of hydrogen-bond acceptors (Lipinski definition) is 4. The van der Waals surface area contributed by atoms with Crippen LogP contribution in [0.4, 0.5) is 0 Å². The fourth-order valence-electron chi connectivity index (χ4n) is 1.90. The van der Waals surface area contributed by atoms with Crippen LogP contribution >= 0.6 is 0 Å². The van der Waals surface area contributed by atoms with Gasteiger partial charge in [-0.15, -0.1) is 0 Å². The van der Waals surface area contributed by atoms with Crippen LogP contribution in [0.3, 0.4) is 0 Å². The van der Waals surface area contributed by atoms with Crippen molar-refractivity contribution in [2.45, 2.75) is 26.4 Å². The summed E-state index contributed by atoms with van der Waals surface area (Å²) in [7, 11) is 0. The summed E-state index contributed by atoms with van der Waals surface area (Å²) in [5.41, 5.74) is 9.65. The highest BCUT2D eigenvalue weighted by Gasteiger charge is 2.00. The molecular formula is C16H20N2O2. The lowest BCUT2D eigenvalue weighted by molar-refractivity contribution is 0.402. The zero-order valence-electron chi connectivity index (χ0n) is 11.6. The van der Waals surface area contributed by atoms with Gasteiger partial charge in [-0.3, -0.25) is 10.9 Å². The van der Waals surface area contributed by atoms with Crippen LogP contribution in [0, 0.1) is 0 Å². The number of aromatic hydroxyl groups is 2. The number of hydrazine groups is 1. The van der Waals surface area contributed by atoms with Crippen molar-refractivity contribution in [1.29, 1.82) is 0 Å². The molecule has 2 rings (SSSR count). The molecule has 0 bridgehead atoms. The van der Waals surface area contributed by atoms with Gasteiger partial charge in [-0.05, 0) is 35.2 Å². The first-order chi connectivity index (χ1) is 9.69. The molecule has 0 atom stereocenters. The average Bonchev–Trinajstić information content (AvgIpc) is 2.48. The standard InChI is InChI=1S/C16H20N2O2/c1-2-12-3-5-13(6-4-12)10-17-18-11-14-7-8-15(19)16(20)9-14/h3-9,17-20H,2,10-11H2,1H3. The molecule has 4 N–H and O–H groups in total. The largest absolute Gasteiger partial charge is 0.504 e. The van der Waals surface area contributed by atoms with Crippen LogP contribution in [0.1, 0.15) is 23.6 Å². The molecule has 0 aromatic heterocycles. The summed E-state index contributed by atoms with van der Waals surface area (Å²) in [4.78, 5) is 0. The number of benzene rings is 2. The maximum absolute atomic E-state index is 9.39. The maximum atomic E-state index is 9.39. The molecule has 0 saturated heterocycles. The van der Waals surface area contributed by atoms with Gasteiger partial charge in [-0.1, -0.05) is 37.3 Å². The summed E-state index contributed by atoms with van der Waals surface area (Å²) in [6, 6.07) is 13.3. The second-order valence-corrected chi connectivity index (χ2v) is 4.70. The van der Waals surface area contributed by atoms with Crippen molar-refractivity contribution in [3.8, 4) is 11.5 Å². The summed E-state index contributed by atoms with van der Waals surface area (Å²) < 4.78 is 0. The number of phenols is 2. The maximum Gasteiger partial charge on any atom is 0.157 e. The average molecular weight is 272 g/mol. The third-order valence-electron chi connectivity index (χ3n) is 3.18. The molecule has 2 aromatic rings. The van der Waals surface area contributed by atoms with Crippen molar-refractivity contribution in [3.05, 3.63) is 59.2 Å². The summed E-state index contributed by atoms with van der Waals surface area (Å²) in [6.45, 7) is 3.44. The number of phenolic OH excluding ortho intramolecular Hbond substituents is 2. The minimum Gasteiger partial charge on any atom is -0.504 e. The Morgan fingerprint density at radius 1 is 0.750 bits per heavy atom. The van der Waals surface area contributed by atoms with Crippen molar-refractivity contribution in [2.75, 3.05) is 0 Å². The number of nitrogens with one attached hydrogen (secondary N) is 2. The molecule has 2 aromatic carbocycles. The van der Waals surface area contributed by atoms with Crippen molar-refractivity contribution >= 4 is 0 Å². The third kappa shape index (κ3) is 3.98. The zero-order chi connectivity index (χ0) is 14.4. The van der Waals surface area contributed by atoms with Crippen LogP contribution in [0.25, 0.3) is 0 Å². The van der Waals surface area contributed by atoms with E-state index in [4.69, 9.17) is 0 Å². The molecule has 4 nitrogen and oxygen atoms in total. The number of rotatable bonds is 6. The molecular weight excluding hydrogens is 252 g/mol. The predicted octanol–water partition coefficient (Wildman–Crippen LogP) is 2.45. The van der Waals surface area contributed by atoms with E-state index in [1.807, 2.05) is 0 Å². The molecule has 20 heavy (non-hydrogen) atoms.